The smallest absolute Gasteiger partial charge is 0.270 e. The highest BCUT2D eigenvalue weighted by Crippen LogP contribution is 2.32. The molecule has 0 bridgehead atoms. The number of likely N-dealkylation sites (tertiary alicyclic amines) is 1. The molecule has 25 heavy (non-hydrogen) atoms. The average molecular weight is 348 g/mol. The molecule has 0 spiro atoms. The first kappa shape index (κ1) is 17.0. The second-order valence-electron chi connectivity index (χ2n) is 7.83. The molecule has 3 aliphatic rings. The van der Waals surface area contributed by atoms with Crippen molar-refractivity contribution >= 4 is 5.91 Å². The first-order valence-electron chi connectivity index (χ1n) is 9.24. The summed E-state index contributed by atoms with van der Waals surface area (Å²) in [4.78, 5) is 19.7. The molecule has 0 aromatic carbocycles. The molecule has 7 nitrogen and oxygen atoms in total. The molecule has 4 rings (SSSR count). The van der Waals surface area contributed by atoms with Gasteiger partial charge in [-0.15, -0.1) is 0 Å². The van der Waals surface area contributed by atoms with Gasteiger partial charge in [0, 0.05) is 51.9 Å². The number of nitrogens with zero attached hydrogens (tertiary/aromatic N) is 3. The predicted molar refractivity (Wildman–Crippen MR) is 92.7 cm³/mol. The summed E-state index contributed by atoms with van der Waals surface area (Å²) >= 11 is 0. The van der Waals surface area contributed by atoms with E-state index in [0.717, 1.165) is 51.5 Å². The van der Waals surface area contributed by atoms with E-state index in [0.29, 0.717) is 17.7 Å². The Morgan fingerprint density at radius 2 is 2.12 bits per heavy atom. The van der Waals surface area contributed by atoms with Gasteiger partial charge in [0.25, 0.3) is 5.91 Å². The Morgan fingerprint density at radius 1 is 1.40 bits per heavy atom. The van der Waals surface area contributed by atoms with Crippen molar-refractivity contribution in [1.29, 1.82) is 0 Å². The third-order valence-corrected chi connectivity index (χ3v) is 6.27. The molecule has 1 aromatic heterocycles. The molecule has 2 atom stereocenters. The molecule has 3 aliphatic heterocycles. The number of carbonyl (C=O) groups excluding carboxylic acids is 1. The summed E-state index contributed by atoms with van der Waals surface area (Å²) in [5.41, 5.74) is 0.369. The standard InChI is InChI=1S/C18H28N4O3/c1-12(21-9-14(10-21)24-3)18(2)11-22-15(17(23)20-18)8-19-16(22)13-4-6-25-7-5-13/h8,12-14H,4-7,9-11H2,1-3H3,(H,20,23). The second kappa shape index (κ2) is 6.37. The van der Waals surface area contributed by atoms with Crippen molar-refractivity contribution in [3.8, 4) is 0 Å². The number of methoxy groups -OCH3 is 1. The van der Waals surface area contributed by atoms with Gasteiger partial charge in [0.2, 0.25) is 0 Å². The molecule has 138 valence electrons. The van der Waals surface area contributed by atoms with Crippen LogP contribution in [0.1, 0.15) is 48.9 Å². The number of carbonyl (C=O) groups is 1. The van der Waals surface area contributed by atoms with Gasteiger partial charge in [-0.2, -0.15) is 0 Å². The minimum Gasteiger partial charge on any atom is -0.381 e. The maximum atomic E-state index is 12.7. The highest BCUT2D eigenvalue weighted by atomic mass is 16.5. The number of hydrogen-bond donors (Lipinski definition) is 1. The van der Waals surface area contributed by atoms with Crippen LogP contribution in [0.3, 0.4) is 0 Å². The summed E-state index contributed by atoms with van der Waals surface area (Å²) in [5, 5.41) is 3.24. The monoisotopic (exact) mass is 348 g/mol. The Bertz CT molecular complexity index is 649. The van der Waals surface area contributed by atoms with Crippen LogP contribution < -0.4 is 5.32 Å². The van der Waals surface area contributed by atoms with Crippen LogP contribution in [0.25, 0.3) is 0 Å². The van der Waals surface area contributed by atoms with E-state index in [1.54, 1.807) is 13.3 Å². The Labute approximate surface area is 148 Å². The minimum absolute atomic E-state index is 0.0183. The number of ether oxygens (including phenoxy) is 2. The highest BCUT2D eigenvalue weighted by Gasteiger charge is 2.45. The maximum absolute atomic E-state index is 12.7. The minimum atomic E-state index is -0.316. The third kappa shape index (κ3) is 2.88. The summed E-state index contributed by atoms with van der Waals surface area (Å²) in [6.07, 6.45) is 4.00. The first-order valence-corrected chi connectivity index (χ1v) is 9.24. The predicted octanol–water partition coefficient (Wildman–Crippen LogP) is 0.998. The summed E-state index contributed by atoms with van der Waals surface area (Å²) in [5.74, 6) is 1.41. The molecule has 1 aromatic rings. The van der Waals surface area contributed by atoms with Crippen molar-refractivity contribution in [2.75, 3.05) is 33.4 Å². The molecule has 1 amide bonds. The van der Waals surface area contributed by atoms with E-state index in [2.05, 4.69) is 33.6 Å². The van der Waals surface area contributed by atoms with Crippen LogP contribution in [0.4, 0.5) is 0 Å². The van der Waals surface area contributed by atoms with E-state index >= 15 is 0 Å². The van der Waals surface area contributed by atoms with Gasteiger partial charge in [-0.25, -0.2) is 4.98 Å². The lowest BCUT2D eigenvalue weighted by atomic mass is 9.87. The summed E-state index contributed by atoms with van der Waals surface area (Å²) in [6, 6.07) is 0.237. The zero-order chi connectivity index (χ0) is 17.6. The number of nitrogens with one attached hydrogen (secondary N) is 1. The molecule has 0 aliphatic carbocycles. The molecule has 0 saturated carbocycles. The molecule has 2 fully saturated rings. The quantitative estimate of drug-likeness (QED) is 0.879. The van der Waals surface area contributed by atoms with Gasteiger partial charge in [-0.05, 0) is 26.7 Å². The van der Waals surface area contributed by atoms with Gasteiger partial charge in [-0.1, -0.05) is 0 Å². The van der Waals surface area contributed by atoms with Crippen LogP contribution in [0.15, 0.2) is 6.20 Å². The summed E-state index contributed by atoms with van der Waals surface area (Å²) in [6.45, 7) is 8.50. The van der Waals surface area contributed by atoms with Crippen molar-refractivity contribution in [2.24, 2.45) is 0 Å². The van der Waals surface area contributed by atoms with E-state index < -0.39 is 0 Å². The Kier molecular flexibility index (Phi) is 4.33. The largest absolute Gasteiger partial charge is 0.381 e. The Morgan fingerprint density at radius 3 is 2.80 bits per heavy atom. The van der Waals surface area contributed by atoms with Gasteiger partial charge < -0.3 is 19.4 Å². The van der Waals surface area contributed by atoms with Gasteiger partial charge in [-0.3, -0.25) is 9.69 Å². The topological polar surface area (TPSA) is 68.6 Å². The van der Waals surface area contributed by atoms with Crippen LogP contribution in [-0.2, 0) is 16.0 Å². The fraction of sp³-hybridized carbons (Fsp3) is 0.778. The van der Waals surface area contributed by atoms with Crippen molar-refractivity contribution in [2.45, 2.75) is 56.8 Å². The van der Waals surface area contributed by atoms with E-state index in [-0.39, 0.29) is 17.5 Å². The average Bonchev–Trinajstić information content (AvgIpc) is 2.98. The molecule has 7 heteroatoms. The Hall–Kier alpha value is -1.44. The number of amides is 1. The molecule has 4 heterocycles. The summed E-state index contributed by atoms with van der Waals surface area (Å²) < 4.78 is 13.0. The number of fused-ring (bicyclic) bond motifs is 1. The third-order valence-electron chi connectivity index (χ3n) is 6.27. The molecule has 0 radical (unpaired) electrons. The second-order valence-corrected chi connectivity index (χ2v) is 7.83. The van der Waals surface area contributed by atoms with E-state index in [1.807, 2.05) is 0 Å². The lowest BCUT2D eigenvalue weighted by Gasteiger charge is -2.50. The SMILES string of the molecule is COC1CN(C(C)C2(C)Cn3c(cnc3C3CCOCC3)C(=O)N2)C1. The van der Waals surface area contributed by atoms with E-state index in [1.165, 1.54) is 0 Å². The normalized spacial score (nSPS) is 29.8. The molecular weight excluding hydrogens is 320 g/mol. The summed E-state index contributed by atoms with van der Waals surface area (Å²) in [7, 11) is 1.76. The molecule has 2 unspecified atom stereocenters. The van der Waals surface area contributed by atoms with Crippen LogP contribution in [0.2, 0.25) is 0 Å². The van der Waals surface area contributed by atoms with Gasteiger partial charge in [0.15, 0.2) is 0 Å². The maximum Gasteiger partial charge on any atom is 0.270 e. The van der Waals surface area contributed by atoms with Gasteiger partial charge in [0.05, 0.1) is 17.8 Å². The number of aromatic nitrogens is 2. The van der Waals surface area contributed by atoms with Crippen LogP contribution >= 0.6 is 0 Å². The Balaban J connectivity index is 1.57. The number of imidazole rings is 1. The lowest BCUT2D eigenvalue weighted by Crippen LogP contribution is -2.68. The van der Waals surface area contributed by atoms with Crippen molar-refractivity contribution in [1.82, 2.24) is 19.8 Å². The molecule has 1 N–H and O–H groups in total. The zero-order valence-corrected chi connectivity index (χ0v) is 15.3. The van der Waals surface area contributed by atoms with Crippen LogP contribution in [-0.4, -0.2) is 71.5 Å². The van der Waals surface area contributed by atoms with Crippen LogP contribution in [0.5, 0.6) is 0 Å². The fourth-order valence-corrected chi connectivity index (χ4v) is 4.28. The number of rotatable bonds is 4. The first-order chi connectivity index (χ1) is 12.0. The van der Waals surface area contributed by atoms with Crippen molar-refractivity contribution in [3.63, 3.8) is 0 Å². The van der Waals surface area contributed by atoms with Crippen molar-refractivity contribution < 1.29 is 14.3 Å². The van der Waals surface area contributed by atoms with Gasteiger partial charge >= 0.3 is 0 Å². The van der Waals surface area contributed by atoms with Gasteiger partial charge in [0.1, 0.15) is 11.5 Å². The lowest BCUT2D eigenvalue weighted by molar-refractivity contribution is -0.0663. The van der Waals surface area contributed by atoms with Crippen molar-refractivity contribution in [3.05, 3.63) is 17.7 Å². The molecular formula is C18H28N4O3. The zero-order valence-electron chi connectivity index (χ0n) is 15.3. The molecule has 2 saturated heterocycles. The van der Waals surface area contributed by atoms with Crippen LogP contribution in [0, 0.1) is 0 Å². The fourth-order valence-electron chi connectivity index (χ4n) is 4.28. The van der Waals surface area contributed by atoms with E-state index in [9.17, 15) is 4.79 Å². The number of hydrogen-bond acceptors (Lipinski definition) is 5. The highest BCUT2D eigenvalue weighted by molar-refractivity contribution is 5.94. The van der Waals surface area contributed by atoms with E-state index in [4.69, 9.17) is 9.47 Å².